The molecule has 0 aromatic rings. The Morgan fingerprint density at radius 2 is 2.36 bits per heavy atom. The van der Waals surface area contributed by atoms with Crippen molar-refractivity contribution in [2.45, 2.75) is 26.7 Å². The summed E-state index contributed by atoms with van der Waals surface area (Å²) in [6.07, 6.45) is 3.92. The van der Waals surface area contributed by atoms with Gasteiger partial charge in [0.25, 0.3) is 0 Å². The van der Waals surface area contributed by atoms with Crippen molar-refractivity contribution in [3.63, 3.8) is 0 Å². The number of hydrogen-bond donors (Lipinski definition) is 2. The first-order valence-corrected chi connectivity index (χ1v) is 6.58. The Morgan fingerprint density at radius 3 is 2.82 bits per heavy atom. The molecule has 3 nitrogen and oxygen atoms in total. The highest BCUT2D eigenvalue weighted by Gasteiger charge is 2.03. The van der Waals surface area contributed by atoms with Crippen molar-refractivity contribution in [2.75, 3.05) is 6.54 Å². The summed E-state index contributed by atoms with van der Waals surface area (Å²) in [5, 5.41) is 3.07. The summed E-state index contributed by atoms with van der Waals surface area (Å²) < 4.78 is 4.00. The van der Waals surface area contributed by atoms with Crippen molar-refractivity contribution in [2.24, 2.45) is 10.3 Å². The molecular weight excluding hydrogens is 177 g/mol. The second kappa shape index (κ2) is 5.84. The van der Waals surface area contributed by atoms with Crippen molar-refractivity contribution in [3.8, 4) is 0 Å². The second-order valence-electron chi connectivity index (χ2n) is 2.26. The van der Waals surface area contributed by atoms with Gasteiger partial charge < -0.3 is 0 Å². The monoisotopic (exact) mass is 193 g/mol. The zero-order valence-electron chi connectivity index (χ0n) is 7.08. The average molecular weight is 193 g/mol. The fraction of sp³-hybridized carbons (Fsp3) is 0.833. The Bertz CT molecular complexity index is 169. The maximum atomic E-state index is 5.68. The predicted octanol–water partition coefficient (Wildman–Crippen LogP) is 1.65. The van der Waals surface area contributed by atoms with E-state index in [0.717, 1.165) is 19.4 Å². The molecule has 0 rings (SSSR count). The van der Waals surface area contributed by atoms with Gasteiger partial charge in [-0.15, -0.1) is 0 Å². The zero-order valence-corrected chi connectivity index (χ0v) is 8.79. The molecule has 0 fully saturated rings. The standard InChI is InChI=1S/C6H16N3PS/c1-3-5-6-9-10(7,11)8-4-2/h4H,3,5-6H2,1-2H3,(H3,7,9,11). The molecule has 1 unspecified atom stereocenters. The van der Waals surface area contributed by atoms with Crippen molar-refractivity contribution in [3.05, 3.63) is 0 Å². The van der Waals surface area contributed by atoms with Gasteiger partial charge in [-0.05, 0) is 25.2 Å². The number of nitrogens with two attached hydrogens (primary N) is 1. The highest BCUT2D eigenvalue weighted by atomic mass is 32.4. The van der Waals surface area contributed by atoms with E-state index in [9.17, 15) is 0 Å². The Balaban J connectivity index is 3.65. The number of unbranched alkanes of at least 4 members (excludes halogenated alkanes) is 1. The lowest BCUT2D eigenvalue weighted by molar-refractivity contribution is 0.769. The molecule has 0 aliphatic heterocycles. The topological polar surface area (TPSA) is 50.4 Å². The quantitative estimate of drug-likeness (QED) is 0.396. The molecule has 0 aromatic heterocycles. The van der Waals surface area contributed by atoms with E-state index in [1.807, 2.05) is 6.92 Å². The minimum Gasteiger partial charge on any atom is -0.274 e. The third-order valence-corrected chi connectivity index (χ3v) is 3.08. The average Bonchev–Trinajstić information content (AvgIpc) is 1.87. The van der Waals surface area contributed by atoms with E-state index in [4.69, 9.17) is 17.3 Å². The molecule has 0 spiro atoms. The van der Waals surface area contributed by atoms with Crippen LogP contribution in [0.3, 0.4) is 0 Å². The van der Waals surface area contributed by atoms with Crippen molar-refractivity contribution in [1.82, 2.24) is 5.09 Å². The lowest BCUT2D eigenvalue weighted by atomic mass is 10.3. The van der Waals surface area contributed by atoms with Crippen LogP contribution in [0.5, 0.6) is 0 Å². The molecule has 66 valence electrons. The normalized spacial score (nSPS) is 17.0. The molecule has 5 heteroatoms. The minimum atomic E-state index is -2.07. The third-order valence-electron chi connectivity index (χ3n) is 1.16. The van der Waals surface area contributed by atoms with Gasteiger partial charge in [-0.2, -0.15) is 0 Å². The maximum absolute atomic E-state index is 5.68. The van der Waals surface area contributed by atoms with E-state index in [2.05, 4.69) is 16.8 Å². The van der Waals surface area contributed by atoms with Crippen LogP contribution in [0.2, 0.25) is 0 Å². The molecule has 0 aliphatic rings. The number of nitrogens with one attached hydrogen (secondary N) is 1. The van der Waals surface area contributed by atoms with E-state index in [1.54, 1.807) is 6.21 Å². The molecule has 0 saturated heterocycles. The Kier molecular flexibility index (Phi) is 5.96. The molecular formula is C6H16N3PS. The number of nitrogens with zero attached hydrogens (tertiary/aromatic N) is 1. The van der Waals surface area contributed by atoms with Gasteiger partial charge in [0.15, 0.2) is 6.49 Å². The molecule has 0 aromatic carbocycles. The molecule has 0 bridgehead atoms. The molecule has 0 amide bonds. The third kappa shape index (κ3) is 6.63. The van der Waals surface area contributed by atoms with Gasteiger partial charge in [-0.1, -0.05) is 13.3 Å². The van der Waals surface area contributed by atoms with E-state index in [1.165, 1.54) is 0 Å². The Hall–Kier alpha value is 0.240. The second-order valence-corrected chi connectivity index (χ2v) is 5.72. The predicted molar refractivity (Wildman–Crippen MR) is 55.5 cm³/mol. The summed E-state index contributed by atoms with van der Waals surface area (Å²) in [7, 11) is 0. The van der Waals surface area contributed by atoms with E-state index < -0.39 is 6.49 Å². The largest absolute Gasteiger partial charge is 0.274 e. The van der Waals surface area contributed by atoms with Crippen LogP contribution >= 0.6 is 6.49 Å². The summed E-state index contributed by atoms with van der Waals surface area (Å²) in [6.45, 7) is 2.77. The summed E-state index contributed by atoms with van der Waals surface area (Å²) >= 11 is 5.04. The van der Waals surface area contributed by atoms with Gasteiger partial charge in [0.1, 0.15) is 0 Å². The fourth-order valence-corrected chi connectivity index (χ4v) is 2.09. The van der Waals surface area contributed by atoms with Gasteiger partial charge in [0, 0.05) is 12.8 Å². The van der Waals surface area contributed by atoms with Gasteiger partial charge in [-0.3, -0.25) is 10.6 Å². The van der Waals surface area contributed by atoms with E-state index in [0.29, 0.717) is 0 Å². The van der Waals surface area contributed by atoms with Gasteiger partial charge in [0.05, 0.1) is 0 Å². The lowest BCUT2D eigenvalue weighted by Gasteiger charge is -2.11. The molecule has 0 saturated carbocycles. The van der Waals surface area contributed by atoms with E-state index >= 15 is 0 Å². The minimum absolute atomic E-state index is 0.877. The molecule has 11 heavy (non-hydrogen) atoms. The molecule has 0 radical (unpaired) electrons. The van der Waals surface area contributed by atoms with Crippen LogP contribution in [0.4, 0.5) is 0 Å². The first kappa shape index (κ1) is 11.2. The van der Waals surface area contributed by atoms with Gasteiger partial charge in [0.2, 0.25) is 0 Å². The highest BCUT2D eigenvalue weighted by Crippen LogP contribution is 2.31. The van der Waals surface area contributed by atoms with Crippen LogP contribution in [-0.4, -0.2) is 12.8 Å². The van der Waals surface area contributed by atoms with Gasteiger partial charge >= 0.3 is 0 Å². The molecule has 0 heterocycles. The summed E-state index contributed by atoms with van der Waals surface area (Å²) in [5.41, 5.74) is 5.68. The van der Waals surface area contributed by atoms with E-state index in [-0.39, 0.29) is 0 Å². The fourth-order valence-electron chi connectivity index (χ4n) is 0.628. The number of rotatable bonds is 5. The molecule has 0 aliphatic carbocycles. The van der Waals surface area contributed by atoms with Crippen molar-refractivity contribution >= 4 is 24.5 Å². The highest BCUT2D eigenvalue weighted by molar-refractivity contribution is 8.11. The van der Waals surface area contributed by atoms with Crippen LogP contribution in [0.15, 0.2) is 4.76 Å². The van der Waals surface area contributed by atoms with Crippen LogP contribution in [0.25, 0.3) is 0 Å². The van der Waals surface area contributed by atoms with Crippen LogP contribution in [0.1, 0.15) is 26.7 Å². The van der Waals surface area contributed by atoms with Crippen molar-refractivity contribution in [1.29, 1.82) is 0 Å². The van der Waals surface area contributed by atoms with Crippen LogP contribution in [-0.2, 0) is 11.8 Å². The molecule has 3 N–H and O–H groups in total. The SMILES string of the molecule is CC=NP(N)(=S)NCCCC. The van der Waals surface area contributed by atoms with Crippen LogP contribution in [0, 0.1) is 0 Å². The maximum Gasteiger partial charge on any atom is 0.179 e. The van der Waals surface area contributed by atoms with Crippen molar-refractivity contribution < 1.29 is 0 Å². The summed E-state index contributed by atoms with van der Waals surface area (Å²) in [5.74, 6) is 0. The van der Waals surface area contributed by atoms with Gasteiger partial charge in [-0.25, -0.2) is 4.76 Å². The lowest BCUT2D eigenvalue weighted by Crippen LogP contribution is -2.15. The Labute approximate surface area is 73.6 Å². The summed E-state index contributed by atoms with van der Waals surface area (Å²) in [4.78, 5) is 0. The Morgan fingerprint density at radius 1 is 1.73 bits per heavy atom. The van der Waals surface area contributed by atoms with Crippen LogP contribution < -0.4 is 10.6 Å². The smallest absolute Gasteiger partial charge is 0.179 e. The first-order valence-electron chi connectivity index (χ1n) is 3.76. The first-order chi connectivity index (χ1) is 5.12. The summed E-state index contributed by atoms with van der Waals surface area (Å²) in [6, 6.07) is 0. The molecule has 1 atom stereocenters. The number of hydrogen-bond acceptors (Lipinski definition) is 1. The zero-order chi connectivity index (χ0) is 8.74.